The number of carbonyl (C=O) groups excluding carboxylic acids is 3. The van der Waals surface area contributed by atoms with E-state index in [4.69, 9.17) is 9.47 Å². The first kappa shape index (κ1) is 24.8. The van der Waals surface area contributed by atoms with Crippen LogP contribution in [-0.2, 0) is 20.5 Å². The third-order valence-electron chi connectivity index (χ3n) is 5.59. The van der Waals surface area contributed by atoms with Crippen molar-refractivity contribution in [3.05, 3.63) is 29.3 Å². The first-order valence-electron chi connectivity index (χ1n) is 10.5. The molecule has 2 aliphatic heterocycles. The van der Waals surface area contributed by atoms with Crippen molar-refractivity contribution in [2.75, 3.05) is 66.6 Å². The summed E-state index contributed by atoms with van der Waals surface area (Å²) in [6, 6.07) is 2.16. The Morgan fingerprint density at radius 1 is 1.24 bits per heavy atom. The number of hydrogen-bond acceptors (Lipinski definition) is 6. The lowest BCUT2D eigenvalue weighted by atomic mass is 10.1. The molecular formula is C21H27F3N4O5. The van der Waals surface area contributed by atoms with Crippen LogP contribution in [-0.4, -0.2) is 105 Å². The van der Waals surface area contributed by atoms with Gasteiger partial charge < -0.3 is 24.6 Å². The number of carbonyl (C=O) groups is 3. The molecule has 1 aromatic carbocycles. The normalized spacial score (nSPS) is 21.1. The molecule has 2 heterocycles. The zero-order valence-electron chi connectivity index (χ0n) is 18.5. The maximum atomic E-state index is 13.2. The Bertz CT molecular complexity index is 895. The van der Waals surface area contributed by atoms with Crippen LogP contribution in [0.15, 0.2) is 18.2 Å². The van der Waals surface area contributed by atoms with Crippen LogP contribution in [0.5, 0.6) is 5.75 Å². The van der Waals surface area contributed by atoms with E-state index in [9.17, 15) is 27.6 Å². The zero-order valence-corrected chi connectivity index (χ0v) is 18.5. The number of likely N-dealkylation sites (N-methyl/N-ethyl adjacent to an activating group) is 1. The van der Waals surface area contributed by atoms with Gasteiger partial charge in [-0.05, 0) is 25.2 Å². The van der Waals surface area contributed by atoms with Gasteiger partial charge in [0, 0.05) is 39.8 Å². The smallest absolute Gasteiger partial charge is 0.416 e. The van der Waals surface area contributed by atoms with Crippen LogP contribution in [0, 0.1) is 0 Å². The molecule has 12 heteroatoms. The highest BCUT2D eigenvalue weighted by Crippen LogP contribution is 2.33. The number of hydrogen-bond donors (Lipinski definition) is 1. The molecule has 0 bridgehead atoms. The van der Waals surface area contributed by atoms with Crippen LogP contribution in [0.4, 0.5) is 13.2 Å². The molecule has 0 spiro atoms. The molecule has 182 valence electrons. The number of fused-ring (bicyclic) bond motifs is 2. The summed E-state index contributed by atoms with van der Waals surface area (Å²) >= 11 is 0. The Morgan fingerprint density at radius 3 is 2.70 bits per heavy atom. The maximum Gasteiger partial charge on any atom is 0.416 e. The Kier molecular flexibility index (Phi) is 7.80. The summed E-state index contributed by atoms with van der Waals surface area (Å²) in [6.07, 6.45) is -4.62. The molecule has 1 saturated heterocycles. The Labute approximate surface area is 189 Å². The molecule has 1 N–H and O–H groups in total. The van der Waals surface area contributed by atoms with Crippen molar-refractivity contribution in [3.8, 4) is 5.75 Å². The predicted octanol–water partition coefficient (Wildman–Crippen LogP) is 0.445. The van der Waals surface area contributed by atoms with Crippen LogP contribution >= 0.6 is 0 Å². The summed E-state index contributed by atoms with van der Waals surface area (Å²) < 4.78 is 50.3. The topological polar surface area (TPSA) is 91.4 Å². The fraction of sp³-hybridized carbons (Fsp3) is 0.571. The van der Waals surface area contributed by atoms with Gasteiger partial charge in [0.05, 0.1) is 23.7 Å². The molecule has 2 aliphatic rings. The largest absolute Gasteiger partial charge is 0.491 e. The molecular weight excluding hydrogens is 445 g/mol. The van der Waals surface area contributed by atoms with Gasteiger partial charge in [-0.1, -0.05) is 0 Å². The van der Waals surface area contributed by atoms with E-state index < -0.39 is 23.7 Å². The predicted molar refractivity (Wildman–Crippen MR) is 111 cm³/mol. The number of piperazine rings is 1. The van der Waals surface area contributed by atoms with Gasteiger partial charge in [0.2, 0.25) is 11.8 Å². The average Bonchev–Trinajstić information content (AvgIpc) is 2.76. The van der Waals surface area contributed by atoms with Crippen LogP contribution in [0.1, 0.15) is 15.9 Å². The molecule has 9 nitrogen and oxygen atoms in total. The second kappa shape index (κ2) is 10.4. The number of ether oxygens (including phenoxy) is 2. The molecule has 0 unspecified atom stereocenters. The minimum atomic E-state index is -4.62. The molecule has 3 rings (SSSR count). The quantitative estimate of drug-likeness (QED) is 0.672. The number of benzene rings is 1. The molecule has 33 heavy (non-hydrogen) atoms. The van der Waals surface area contributed by atoms with E-state index in [1.807, 2.05) is 0 Å². The van der Waals surface area contributed by atoms with Crippen LogP contribution < -0.4 is 10.1 Å². The average molecular weight is 472 g/mol. The van der Waals surface area contributed by atoms with E-state index in [0.29, 0.717) is 13.1 Å². The summed E-state index contributed by atoms with van der Waals surface area (Å²) in [5, 5.41) is 2.58. The molecule has 1 fully saturated rings. The van der Waals surface area contributed by atoms with Crippen molar-refractivity contribution in [3.63, 3.8) is 0 Å². The van der Waals surface area contributed by atoms with Crippen LogP contribution in [0.25, 0.3) is 0 Å². The van der Waals surface area contributed by atoms with Gasteiger partial charge in [-0.2, -0.15) is 13.2 Å². The summed E-state index contributed by atoms with van der Waals surface area (Å²) in [5.41, 5.74) is -1.21. The third-order valence-corrected chi connectivity index (χ3v) is 5.59. The Balaban J connectivity index is 1.91. The first-order chi connectivity index (χ1) is 15.6. The fourth-order valence-corrected chi connectivity index (χ4v) is 3.82. The summed E-state index contributed by atoms with van der Waals surface area (Å²) in [7, 11) is 3.12. The van der Waals surface area contributed by atoms with Gasteiger partial charge in [-0.15, -0.1) is 0 Å². The van der Waals surface area contributed by atoms with Crippen LogP contribution in [0.2, 0.25) is 0 Å². The number of amides is 3. The van der Waals surface area contributed by atoms with Crippen LogP contribution in [0.3, 0.4) is 0 Å². The molecule has 1 atom stereocenters. The van der Waals surface area contributed by atoms with Crippen molar-refractivity contribution < 1.29 is 37.0 Å². The van der Waals surface area contributed by atoms with Gasteiger partial charge in [-0.25, -0.2) is 0 Å². The van der Waals surface area contributed by atoms with Crippen molar-refractivity contribution >= 4 is 17.7 Å². The van der Waals surface area contributed by atoms with E-state index in [0.717, 1.165) is 18.2 Å². The van der Waals surface area contributed by atoms with E-state index >= 15 is 0 Å². The minimum Gasteiger partial charge on any atom is -0.491 e. The van der Waals surface area contributed by atoms with Crippen molar-refractivity contribution in [1.29, 1.82) is 0 Å². The third kappa shape index (κ3) is 6.14. The molecule has 3 amide bonds. The van der Waals surface area contributed by atoms with E-state index in [1.165, 1.54) is 7.11 Å². The second-order valence-electron chi connectivity index (χ2n) is 8.03. The van der Waals surface area contributed by atoms with E-state index in [1.54, 1.807) is 21.7 Å². The lowest BCUT2D eigenvalue weighted by molar-refractivity contribution is -0.146. The highest BCUT2D eigenvalue weighted by molar-refractivity contribution is 5.97. The molecule has 0 aromatic heterocycles. The molecule has 1 aromatic rings. The van der Waals surface area contributed by atoms with E-state index in [-0.39, 0.29) is 62.5 Å². The maximum absolute atomic E-state index is 13.2. The number of methoxy groups -OCH3 is 1. The molecule has 0 aliphatic carbocycles. The highest BCUT2D eigenvalue weighted by atomic mass is 19.4. The lowest BCUT2D eigenvalue weighted by Crippen LogP contribution is -2.60. The zero-order chi connectivity index (χ0) is 24.2. The summed E-state index contributed by atoms with van der Waals surface area (Å²) in [4.78, 5) is 42.7. The molecule has 0 radical (unpaired) electrons. The minimum absolute atomic E-state index is 0.0270. The van der Waals surface area contributed by atoms with Gasteiger partial charge >= 0.3 is 6.18 Å². The number of alkyl halides is 3. The van der Waals surface area contributed by atoms with Gasteiger partial charge in [0.1, 0.15) is 19.0 Å². The van der Waals surface area contributed by atoms with Gasteiger partial charge in [0.25, 0.3) is 5.91 Å². The fourth-order valence-electron chi connectivity index (χ4n) is 3.82. The Hall–Kier alpha value is -2.86. The summed E-state index contributed by atoms with van der Waals surface area (Å²) in [6.45, 7) is 1.15. The highest BCUT2D eigenvalue weighted by Gasteiger charge is 2.35. The van der Waals surface area contributed by atoms with Gasteiger partial charge in [0.15, 0.2) is 0 Å². The van der Waals surface area contributed by atoms with E-state index in [2.05, 4.69) is 5.32 Å². The first-order valence-corrected chi connectivity index (χ1v) is 10.5. The standard InChI is InChI=1S/C21H27F3N4O5/c1-26-6-5-25-20(31)16-9-14(21(22,23)24)3-4-17(16)33-12-15-10-27(19(30)13-32-2)7-8-28(15)18(29)11-26/h3-4,9,15H,5-8,10-13H2,1-2H3,(H,25,31)/t15-/m0/s1. The SMILES string of the molecule is COCC(=O)N1CCN2C(=O)CN(C)CCNC(=O)c3cc(C(F)(F)F)ccc3OC[C@@H]2C1. The Morgan fingerprint density at radius 2 is 2.00 bits per heavy atom. The summed E-state index contributed by atoms with van der Waals surface area (Å²) in [5.74, 6) is -1.13. The molecule has 0 saturated carbocycles. The number of nitrogens with zero attached hydrogens (tertiary/aromatic N) is 3. The lowest BCUT2D eigenvalue weighted by Gasteiger charge is -2.41. The monoisotopic (exact) mass is 472 g/mol. The van der Waals surface area contributed by atoms with Crippen molar-refractivity contribution in [2.24, 2.45) is 0 Å². The number of nitrogens with one attached hydrogen (secondary N) is 1. The number of halogens is 3. The van der Waals surface area contributed by atoms with Crippen molar-refractivity contribution in [1.82, 2.24) is 20.0 Å². The van der Waals surface area contributed by atoms with Crippen molar-refractivity contribution in [2.45, 2.75) is 12.2 Å². The number of rotatable bonds is 2. The second-order valence-corrected chi connectivity index (χ2v) is 8.03. The van der Waals surface area contributed by atoms with Gasteiger partial charge in [-0.3, -0.25) is 19.3 Å².